The minimum atomic E-state index is 0.293. The van der Waals surface area contributed by atoms with Gasteiger partial charge in [0.1, 0.15) is 0 Å². The summed E-state index contributed by atoms with van der Waals surface area (Å²) in [6.45, 7) is 0. The second-order valence-corrected chi connectivity index (χ2v) is 10.8. The van der Waals surface area contributed by atoms with Crippen LogP contribution >= 0.6 is 11.3 Å². The molecule has 174 valence electrons. The molecule has 1 nitrogen and oxygen atoms in total. The number of allylic oxidation sites excluding steroid dienone is 4. The summed E-state index contributed by atoms with van der Waals surface area (Å²) in [5, 5.41) is 7.87. The van der Waals surface area contributed by atoms with Gasteiger partial charge in [0.2, 0.25) is 0 Å². The van der Waals surface area contributed by atoms with Crippen LogP contribution in [0.3, 0.4) is 0 Å². The van der Waals surface area contributed by atoms with Crippen molar-refractivity contribution in [2.24, 2.45) is 0 Å². The first kappa shape index (κ1) is 21.4. The maximum atomic E-state index is 3.83. The van der Waals surface area contributed by atoms with Crippen LogP contribution in [0.15, 0.2) is 115 Å². The summed E-state index contributed by atoms with van der Waals surface area (Å²) in [6.07, 6.45) is 15.6. The lowest BCUT2D eigenvalue weighted by Gasteiger charge is -2.21. The Morgan fingerprint density at radius 1 is 0.722 bits per heavy atom. The van der Waals surface area contributed by atoms with Crippen molar-refractivity contribution < 1.29 is 0 Å². The SMILES string of the molecule is C1=CCC(c2cccc(-c3ccc(NC4CC=Cc5c4sc4c5ccc5ccccc54)cc3)c2)C=C1. The monoisotopic (exact) mass is 481 g/mol. The molecule has 2 heteroatoms. The van der Waals surface area contributed by atoms with E-state index >= 15 is 0 Å². The van der Waals surface area contributed by atoms with Gasteiger partial charge in [-0.15, -0.1) is 11.3 Å². The summed E-state index contributed by atoms with van der Waals surface area (Å²) in [5.41, 5.74) is 6.47. The fourth-order valence-electron chi connectivity index (χ4n) is 5.58. The Morgan fingerprint density at radius 2 is 1.64 bits per heavy atom. The van der Waals surface area contributed by atoms with Crippen LogP contribution in [0.25, 0.3) is 38.1 Å². The second kappa shape index (κ2) is 8.96. The van der Waals surface area contributed by atoms with Crippen LogP contribution in [-0.4, -0.2) is 0 Å². The molecular weight excluding hydrogens is 454 g/mol. The van der Waals surface area contributed by atoms with Crippen LogP contribution in [0.5, 0.6) is 0 Å². The van der Waals surface area contributed by atoms with E-state index in [-0.39, 0.29) is 0 Å². The number of fused-ring (bicyclic) bond motifs is 5. The Bertz CT molecular complexity index is 1670. The van der Waals surface area contributed by atoms with Gasteiger partial charge in [0.15, 0.2) is 0 Å². The van der Waals surface area contributed by atoms with E-state index in [0.29, 0.717) is 12.0 Å². The van der Waals surface area contributed by atoms with Crippen LogP contribution in [-0.2, 0) is 0 Å². The zero-order valence-electron chi connectivity index (χ0n) is 20.0. The highest BCUT2D eigenvalue weighted by Crippen LogP contribution is 2.44. The molecule has 0 fully saturated rings. The molecule has 2 unspecified atom stereocenters. The van der Waals surface area contributed by atoms with Gasteiger partial charge < -0.3 is 5.32 Å². The van der Waals surface area contributed by atoms with Gasteiger partial charge in [-0.25, -0.2) is 0 Å². The summed E-state index contributed by atoms with van der Waals surface area (Å²) in [4.78, 5) is 1.44. The number of anilines is 1. The molecule has 1 heterocycles. The van der Waals surface area contributed by atoms with Gasteiger partial charge >= 0.3 is 0 Å². The molecule has 0 saturated heterocycles. The minimum Gasteiger partial charge on any atom is -0.377 e. The molecule has 0 bridgehead atoms. The molecule has 0 radical (unpaired) electrons. The van der Waals surface area contributed by atoms with Crippen LogP contribution < -0.4 is 5.32 Å². The van der Waals surface area contributed by atoms with E-state index in [2.05, 4.69) is 127 Å². The molecule has 2 aliphatic carbocycles. The van der Waals surface area contributed by atoms with Crippen molar-refractivity contribution in [1.82, 2.24) is 0 Å². The molecule has 0 aliphatic heterocycles. The predicted molar refractivity (Wildman–Crippen MR) is 157 cm³/mol. The van der Waals surface area contributed by atoms with Crippen molar-refractivity contribution in [2.75, 3.05) is 5.32 Å². The van der Waals surface area contributed by atoms with Crippen molar-refractivity contribution in [3.63, 3.8) is 0 Å². The molecule has 2 atom stereocenters. The smallest absolute Gasteiger partial charge is 0.0647 e. The number of thiophene rings is 1. The first-order chi connectivity index (χ1) is 17.8. The average Bonchev–Trinajstić information content (AvgIpc) is 3.34. The molecule has 5 aromatic rings. The number of benzene rings is 4. The van der Waals surface area contributed by atoms with E-state index < -0.39 is 0 Å². The number of nitrogens with one attached hydrogen (secondary N) is 1. The first-order valence-electron chi connectivity index (χ1n) is 12.7. The van der Waals surface area contributed by atoms with Crippen molar-refractivity contribution in [3.05, 3.63) is 131 Å². The Morgan fingerprint density at radius 3 is 2.53 bits per heavy atom. The molecule has 0 amide bonds. The molecule has 0 saturated carbocycles. The van der Waals surface area contributed by atoms with Gasteiger partial charge in [-0.3, -0.25) is 0 Å². The predicted octanol–water partition coefficient (Wildman–Crippen LogP) is 9.89. The van der Waals surface area contributed by atoms with Crippen LogP contribution in [0, 0.1) is 0 Å². The highest BCUT2D eigenvalue weighted by atomic mass is 32.1. The Kier molecular flexibility index (Phi) is 5.33. The van der Waals surface area contributed by atoms with E-state index in [0.717, 1.165) is 12.8 Å². The fraction of sp³-hybridized carbons (Fsp3) is 0.118. The van der Waals surface area contributed by atoms with Crippen molar-refractivity contribution in [1.29, 1.82) is 0 Å². The van der Waals surface area contributed by atoms with Gasteiger partial charge in [-0.1, -0.05) is 109 Å². The van der Waals surface area contributed by atoms with E-state index in [4.69, 9.17) is 0 Å². The molecule has 4 aromatic carbocycles. The molecule has 1 N–H and O–H groups in total. The van der Waals surface area contributed by atoms with Crippen LogP contribution in [0.2, 0.25) is 0 Å². The maximum absolute atomic E-state index is 3.83. The Balaban J connectivity index is 1.16. The highest BCUT2D eigenvalue weighted by molar-refractivity contribution is 7.20. The van der Waals surface area contributed by atoms with E-state index in [9.17, 15) is 0 Å². The van der Waals surface area contributed by atoms with Gasteiger partial charge in [0.25, 0.3) is 0 Å². The van der Waals surface area contributed by atoms with E-state index in [1.807, 2.05) is 11.3 Å². The normalized spacial score (nSPS) is 18.6. The average molecular weight is 482 g/mol. The summed E-state index contributed by atoms with van der Waals surface area (Å²) in [7, 11) is 0. The zero-order valence-corrected chi connectivity index (χ0v) is 20.8. The quantitative estimate of drug-likeness (QED) is 0.269. The van der Waals surface area contributed by atoms with E-state index in [1.54, 1.807) is 0 Å². The van der Waals surface area contributed by atoms with Gasteiger partial charge in [-0.2, -0.15) is 0 Å². The summed E-state index contributed by atoms with van der Waals surface area (Å²) < 4.78 is 1.40. The number of hydrogen-bond acceptors (Lipinski definition) is 2. The van der Waals surface area contributed by atoms with Crippen molar-refractivity contribution >= 4 is 44.0 Å². The largest absolute Gasteiger partial charge is 0.377 e. The first-order valence-corrected chi connectivity index (χ1v) is 13.6. The van der Waals surface area contributed by atoms with Crippen LogP contribution in [0.4, 0.5) is 5.69 Å². The standard InChI is InChI=1S/C34H27NS/c1-2-8-23(9-3-1)26-11-6-12-27(22-26)24-16-19-28(20-17-24)35-32-15-7-14-30-31-21-18-25-10-4-5-13-29(25)33(31)36-34(30)32/h1-8,10-14,16-23,32,35H,9,15H2. The second-order valence-electron chi connectivity index (χ2n) is 9.74. The zero-order chi connectivity index (χ0) is 23.9. The van der Waals surface area contributed by atoms with Gasteiger partial charge in [0, 0.05) is 26.6 Å². The van der Waals surface area contributed by atoms with E-state index in [1.165, 1.54) is 53.7 Å². The molecule has 2 aliphatic rings. The molecular formula is C34H27NS. The molecule has 1 aromatic heterocycles. The fourth-order valence-corrected chi connectivity index (χ4v) is 6.97. The third-order valence-corrected chi connectivity index (χ3v) is 8.84. The third-order valence-electron chi connectivity index (χ3n) is 7.47. The van der Waals surface area contributed by atoms with Gasteiger partial charge in [0.05, 0.1) is 6.04 Å². The number of rotatable bonds is 4. The van der Waals surface area contributed by atoms with Crippen LogP contribution in [0.1, 0.15) is 40.8 Å². The van der Waals surface area contributed by atoms with Crippen molar-refractivity contribution in [2.45, 2.75) is 24.8 Å². The molecule has 7 rings (SSSR count). The topological polar surface area (TPSA) is 12.0 Å². The highest BCUT2D eigenvalue weighted by Gasteiger charge is 2.22. The lowest BCUT2D eigenvalue weighted by Crippen LogP contribution is -2.11. The Hall–Kier alpha value is -3.88. The summed E-state index contributed by atoms with van der Waals surface area (Å²) >= 11 is 1.95. The number of hydrogen-bond donors (Lipinski definition) is 1. The molecule has 36 heavy (non-hydrogen) atoms. The summed E-state index contributed by atoms with van der Waals surface area (Å²) in [6, 6.07) is 31.5. The van der Waals surface area contributed by atoms with Crippen molar-refractivity contribution in [3.8, 4) is 11.1 Å². The molecule has 0 spiro atoms. The summed E-state index contributed by atoms with van der Waals surface area (Å²) in [5.74, 6) is 0.475. The van der Waals surface area contributed by atoms with Gasteiger partial charge in [-0.05, 0) is 58.0 Å². The lowest BCUT2D eigenvalue weighted by molar-refractivity contribution is 0.808. The Labute approximate surface area is 216 Å². The maximum Gasteiger partial charge on any atom is 0.0647 e. The third kappa shape index (κ3) is 3.79. The minimum absolute atomic E-state index is 0.293. The lowest BCUT2D eigenvalue weighted by atomic mass is 9.90.